The maximum absolute atomic E-state index is 13.7. The molecular formula is C14H17F2N3O2S. The number of nitrogens with zero attached hydrogens (tertiary/aromatic N) is 3. The number of hydrogen-bond acceptors (Lipinski definition) is 3. The van der Waals surface area contributed by atoms with Gasteiger partial charge in [-0.25, -0.2) is 17.2 Å². The van der Waals surface area contributed by atoms with Crippen molar-refractivity contribution in [3.8, 4) is 0 Å². The Bertz CT molecular complexity index is 787. The highest BCUT2D eigenvalue weighted by molar-refractivity contribution is 7.89. The highest BCUT2D eigenvalue weighted by Crippen LogP contribution is 2.21. The lowest BCUT2D eigenvalue weighted by molar-refractivity contribution is 0.457. The van der Waals surface area contributed by atoms with E-state index in [0.29, 0.717) is 23.9 Å². The van der Waals surface area contributed by atoms with Gasteiger partial charge in [0.05, 0.1) is 5.69 Å². The van der Waals surface area contributed by atoms with Crippen LogP contribution in [0.2, 0.25) is 0 Å². The van der Waals surface area contributed by atoms with Gasteiger partial charge in [-0.1, -0.05) is 0 Å². The molecule has 0 aliphatic rings. The molecule has 22 heavy (non-hydrogen) atoms. The smallest absolute Gasteiger partial charge is 0.246 e. The zero-order valence-electron chi connectivity index (χ0n) is 12.5. The van der Waals surface area contributed by atoms with Gasteiger partial charge in [0, 0.05) is 31.9 Å². The average Bonchev–Trinajstić information content (AvgIpc) is 2.81. The molecule has 0 amide bonds. The molecule has 0 unspecified atom stereocenters. The fourth-order valence-electron chi connectivity index (χ4n) is 2.04. The fraction of sp³-hybridized carbons (Fsp3) is 0.357. The van der Waals surface area contributed by atoms with Gasteiger partial charge in [0.1, 0.15) is 16.5 Å². The molecule has 5 nitrogen and oxygen atoms in total. The van der Waals surface area contributed by atoms with E-state index in [2.05, 4.69) is 5.10 Å². The van der Waals surface area contributed by atoms with Crippen molar-refractivity contribution in [1.82, 2.24) is 14.1 Å². The molecule has 0 bridgehead atoms. The zero-order chi connectivity index (χ0) is 16.5. The van der Waals surface area contributed by atoms with Crippen LogP contribution in [0, 0.1) is 18.6 Å². The maximum atomic E-state index is 13.7. The molecule has 1 aromatic carbocycles. The van der Waals surface area contributed by atoms with Crippen LogP contribution in [0.25, 0.3) is 0 Å². The van der Waals surface area contributed by atoms with Crippen molar-refractivity contribution in [2.24, 2.45) is 0 Å². The van der Waals surface area contributed by atoms with Gasteiger partial charge in [-0.05, 0) is 32.0 Å². The lowest BCUT2D eigenvalue weighted by Gasteiger charge is -2.17. The van der Waals surface area contributed by atoms with Crippen molar-refractivity contribution < 1.29 is 17.2 Å². The summed E-state index contributed by atoms with van der Waals surface area (Å²) in [4.78, 5) is -0.671. The molecule has 2 rings (SSSR count). The van der Waals surface area contributed by atoms with Crippen molar-refractivity contribution in [3.63, 3.8) is 0 Å². The van der Waals surface area contributed by atoms with Gasteiger partial charge in [-0.3, -0.25) is 4.68 Å². The lowest BCUT2D eigenvalue weighted by Crippen LogP contribution is -2.27. The number of sulfonamides is 1. The third kappa shape index (κ3) is 3.17. The van der Waals surface area contributed by atoms with Gasteiger partial charge >= 0.3 is 0 Å². The van der Waals surface area contributed by atoms with Crippen LogP contribution in [0.4, 0.5) is 8.78 Å². The highest BCUT2D eigenvalue weighted by Gasteiger charge is 2.26. The fourth-order valence-corrected chi connectivity index (χ4v) is 3.26. The summed E-state index contributed by atoms with van der Waals surface area (Å²) in [5.74, 6) is -1.78. The Morgan fingerprint density at radius 2 is 2.00 bits per heavy atom. The van der Waals surface area contributed by atoms with Crippen LogP contribution in [-0.4, -0.2) is 29.6 Å². The number of aryl methyl sites for hydroxylation is 2. The SMILES string of the molecule is CCn1cc(CN(C)S(=O)(=O)c2cc(F)ccc2F)c(C)n1. The predicted octanol–water partition coefficient (Wildman–Crippen LogP) is 2.31. The zero-order valence-corrected chi connectivity index (χ0v) is 13.4. The van der Waals surface area contributed by atoms with E-state index >= 15 is 0 Å². The topological polar surface area (TPSA) is 55.2 Å². The van der Waals surface area contributed by atoms with E-state index in [1.54, 1.807) is 17.8 Å². The first-order valence-corrected chi connectivity index (χ1v) is 8.14. The Morgan fingerprint density at radius 3 is 2.59 bits per heavy atom. The van der Waals surface area contributed by atoms with E-state index in [1.165, 1.54) is 7.05 Å². The van der Waals surface area contributed by atoms with Crippen LogP contribution in [0.5, 0.6) is 0 Å². The van der Waals surface area contributed by atoms with Gasteiger partial charge in [0.2, 0.25) is 10.0 Å². The van der Waals surface area contributed by atoms with Crippen LogP contribution in [0.15, 0.2) is 29.3 Å². The normalized spacial score (nSPS) is 12.1. The van der Waals surface area contributed by atoms with Gasteiger partial charge in [0.25, 0.3) is 0 Å². The molecule has 0 aliphatic carbocycles. The standard InChI is InChI=1S/C14H17F2N3O2S/c1-4-19-9-11(10(2)17-19)8-18(3)22(20,21)14-7-12(15)5-6-13(14)16/h5-7,9H,4,8H2,1-3H3. The number of benzene rings is 1. The van der Waals surface area contributed by atoms with E-state index in [-0.39, 0.29) is 6.54 Å². The minimum Gasteiger partial charge on any atom is -0.272 e. The molecule has 0 spiro atoms. The summed E-state index contributed by atoms with van der Waals surface area (Å²) in [6, 6.07) is 2.36. The minimum absolute atomic E-state index is 0.0319. The van der Waals surface area contributed by atoms with E-state index in [9.17, 15) is 17.2 Å². The van der Waals surface area contributed by atoms with Gasteiger partial charge < -0.3 is 0 Å². The summed E-state index contributed by atoms with van der Waals surface area (Å²) < 4.78 is 54.4. The molecule has 2 aromatic rings. The van der Waals surface area contributed by atoms with Crippen molar-refractivity contribution >= 4 is 10.0 Å². The molecule has 0 saturated heterocycles. The van der Waals surface area contributed by atoms with E-state index in [4.69, 9.17) is 0 Å². The molecule has 0 atom stereocenters. The number of aromatic nitrogens is 2. The summed E-state index contributed by atoms with van der Waals surface area (Å²) in [5.41, 5.74) is 1.41. The van der Waals surface area contributed by atoms with Crippen LogP contribution < -0.4 is 0 Å². The summed E-state index contributed by atoms with van der Waals surface area (Å²) >= 11 is 0. The first-order chi connectivity index (χ1) is 10.3. The Labute approximate surface area is 128 Å². The van der Waals surface area contributed by atoms with Crippen molar-refractivity contribution in [2.75, 3.05) is 7.05 Å². The van der Waals surface area contributed by atoms with Crippen LogP contribution >= 0.6 is 0 Å². The molecule has 8 heteroatoms. The second-order valence-corrected chi connectivity index (χ2v) is 6.94. The number of rotatable bonds is 5. The van der Waals surface area contributed by atoms with E-state index in [1.807, 2.05) is 6.92 Å². The van der Waals surface area contributed by atoms with Gasteiger partial charge in [0.15, 0.2) is 0 Å². The van der Waals surface area contributed by atoms with Crippen molar-refractivity contribution in [3.05, 3.63) is 47.3 Å². The Morgan fingerprint density at radius 1 is 1.32 bits per heavy atom. The second-order valence-electron chi connectivity index (χ2n) is 4.93. The molecule has 0 aliphatic heterocycles. The maximum Gasteiger partial charge on any atom is 0.246 e. The van der Waals surface area contributed by atoms with Crippen molar-refractivity contribution in [2.45, 2.75) is 31.8 Å². The van der Waals surface area contributed by atoms with E-state index < -0.39 is 26.6 Å². The quantitative estimate of drug-likeness (QED) is 0.846. The first kappa shape index (κ1) is 16.6. The largest absolute Gasteiger partial charge is 0.272 e. The molecule has 120 valence electrons. The summed E-state index contributed by atoms with van der Waals surface area (Å²) in [6.45, 7) is 4.38. The van der Waals surface area contributed by atoms with Crippen molar-refractivity contribution in [1.29, 1.82) is 0 Å². The third-order valence-corrected chi connectivity index (χ3v) is 5.16. The monoisotopic (exact) mass is 329 g/mol. The second kappa shape index (κ2) is 6.13. The average molecular weight is 329 g/mol. The minimum atomic E-state index is -4.12. The Kier molecular flexibility index (Phi) is 4.62. The predicted molar refractivity (Wildman–Crippen MR) is 77.6 cm³/mol. The lowest BCUT2D eigenvalue weighted by atomic mass is 10.3. The third-order valence-electron chi connectivity index (χ3n) is 3.35. The van der Waals surface area contributed by atoms with Crippen LogP contribution in [0.1, 0.15) is 18.2 Å². The molecule has 0 radical (unpaired) electrons. The summed E-state index contributed by atoms with van der Waals surface area (Å²) in [5, 5.41) is 4.23. The van der Waals surface area contributed by atoms with Crippen LogP contribution in [-0.2, 0) is 23.1 Å². The molecular weight excluding hydrogens is 312 g/mol. The Hall–Kier alpha value is -1.80. The van der Waals surface area contributed by atoms with Gasteiger partial charge in [-0.15, -0.1) is 0 Å². The van der Waals surface area contributed by atoms with E-state index in [0.717, 1.165) is 16.4 Å². The van der Waals surface area contributed by atoms with Gasteiger partial charge in [-0.2, -0.15) is 9.40 Å². The molecule has 0 saturated carbocycles. The molecule has 1 aromatic heterocycles. The summed E-state index contributed by atoms with van der Waals surface area (Å²) in [6.07, 6.45) is 1.74. The first-order valence-electron chi connectivity index (χ1n) is 6.70. The molecule has 1 heterocycles. The number of halogens is 2. The van der Waals surface area contributed by atoms with Crippen LogP contribution in [0.3, 0.4) is 0 Å². The summed E-state index contributed by atoms with van der Waals surface area (Å²) in [7, 11) is -2.80. The number of hydrogen-bond donors (Lipinski definition) is 0. The highest BCUT2D eigenvalue weighted by atomic mass is 32.2. The molecule has 0 N–H and O–H groups in total. The Balaban J connectivity index is 2.32. The molecule has 0 fully saturated rings.